The summed E-state index contributed by atoms with van der Waals surface area (Å²) < 4.78 is 0. The quantitative estimate of drug-likeness (QED) is 0.682. The lowest BCUT2D eigenvalue weighted by Gasteiger charge is -2.44. The Morgan fingerprint density at radius 2 is 1.88 bits per heavy atom. The normalized spacial score (nSPS) is 41.7. The van der Waals surface area contributed by atoms with Gasteiger partial charge in [0.15, 0.2) is 0 Å². The van der Waals surface area contributed by atoms with E-state index in [0.29, 0.717) is 41.6 Å². The van der Waals surface area contributed by atoms with Crippen molar-refractivity contribution < 1.29 is 15.3 Å². The molecule has 140 valence electrons. The van der Waals surface area contributed by atoms with Gasteiger partial charge in [0.2, 0.25) is 0 Å². The van der Waals surface area contributed by atoms with Gasteiger partial charge < -0.3 is 15.3 Å². The Kier molecular flexibility index (Phi) is 5.57. The van der Waals surface area contributed by atoms with Gasteiger partial charge in [-0.1, -0.05) is 43.7 Å². The molecular formula is C22H34O3. The number of aliphatic hydroxyl groups is 3. The highest BCUT2D eigenvalue weighted by atomic mass is 16.3. The topological polar surface area (TPSA) is 60.7 Å². The number of allylic oxidation sites excluding steroid dienone is 3. The van der Waals surface area contributed by atoms with Gasteiger partial charge in [-0.3, -0.25) is 0 Å². The molecule has 0 spiro atoms. The zero-order valence-corrected chi connectivity index (χ0v) is 15.7. The Morgan fingerprint density at radius 3 is 2.52 bits per heavy atom. The molecule has 3 fully saturated rings. The van der Waals surface area contributed by atoms with Crippen LogP contribution in [0.2, 0.25) is 0 Å². The molecule has 3 rings (SSSR count). The molecule has 0 radical (unpaired) electrons. The summed E-state index contributed by atoms with van der Waals surface area (Å²) in [5.74, 6) is 1.60. The van der Waals surface area contributed by atoms with Crippen LogP contribution in [0.1, 0.15) is 58.8 Å². The first kappa shape index (κ1) is 18.9. The third-order valence-corrected chi connectivity index (χ3v) is 7.31. The molecule has 0 heterocycles. The fourth-order valence-electron chi connectivity index (χ4n) is 5.77. The highest BCUT2D eigenvalue weighted by Gasteiger charge is 2.50. The van der Waals surface area contributed by atoms with Gasteiger partial charge in [0.1, 0.15) is 0 Å². The van der Waals surface area contributed by atoms with Crippen LogP contribution in [0.5, 0.6) is 0 Å². The third-order valence-electron chi connectivity index (χ3n) is 7.31. The van der Waals surface area contributed by atoms with Crippen molar-refractivity contribution in [2.75, 3.05) is 6.61 Å². The van der Waals surface area contributed by atoms with Gasteiger partial charge in [-0.05, 0) is 73.7 Å². The van der Waals surface area contributed by atoms with Gasteiger partial charge in [0.25, 0.3) is 0 Å². The average molecular weight is 347 g/mol. The van der Waals surface area contributed by atoms with Crippen LogP contribution in [-0.4, -0.2) is 34.1 Å². The van der Waals surface area contributed by atoms with Crippen molar-refractivity contribution in [1.82, 2.24) is 0 Å². The number of hydrogen-bond donors (Lipinski definition) is 3. The van der Waals surface area contributed by atoms with E-state index in [1.807, 2.05) is 0 Å². The van der Waals surface area contributed by atoms with Gasteiger partial charge in [-0.25, -0.2) is 0 Å². The van der Waals surface area contributed by atoms with E-state index in [-0.39, 0.29) is 6.61 Å². The zero-order chi connectivity index (χ0) is 18.2. The lowest BCUT2D eigenvalue weighted by Crippen LogP contribution is -2.36. The van der Waals surface area contributed by atoms with Crippen LogP contribution in [0.3, 0.4) is 0 Å². The molecule has 3 saturated carbocycles. The summed E-state index contributed by atoms with van der Waals surface area (Å²) >= 11 is 0. The Morgan fingerprint density at radius 1 is 1.20 bits per heavy atom. The Hall–Kier alpha value is -0.900. The van der Waals surface area contributed by atoms with Gasteiger partial charge in [-0.2, -0.15) is 0 Å². The molecule has 3 aliphatic carbocycles. The first-order valence-electron chi connectivity index (χ1n) is 9.91. The molecule has 0 amide bonds. The van der Waals surface area contributed by atoms with E-state index in [1.54, 1.807) is 0 Å². The van der Waals surface area contributed by atoms with E-state index in [1.165, 1.54) is 31.3 Å². The third kappa shape index (κ3) is 3.51. The zero-order valence-electron chi connectivity index (χ0n) is 15.7. The smallest absolute Gasteiger partial charge is 0.0809 e. The molecular weight excluding hydrogens is 312 g/mol. The minimum Gasteiger partial charge on any atom is -0.396 e. The highest BCUT2D eigenvalue weighted by Crippen LogP contribution is 2.59. The standard InChI is InChI=1S/C22H34O3/c1-14(13-23)18-8-9-19-17(5-4-10-22(18,19)3)7-6-16-11-20(24)15(2)21(25)12-16/h6-7,14,18-21,23-25H,2,4-5,8-13H2,1,3H3/b17-7+/t14?,18?,19?,20-,21-,22-/m1/s1. The van der Waals surface area contributed by atoms with Crippen molar-refractivity contribution >= 4 is 0 Å². The van der Waals surface area contributed by atoms with Crippen LogP contribution < -0.4 is 0 Å². The van der Waals surface area contributed by atoms with Crippen LogP contribution in [0.15, 0.2) is 35.5 Å². The molecule has 3 heteroatoms. The summed E-state index contributed by atoms with van der Waals surface area (Å²) in [6.45, 7) is 8.69. The van der Waals surface area contributed by atoms with Crippen molar-refractivity contribution in [3.05, 3.63) is 35.5 Å². The molecule has 3 N–H and O–H groups in total. The van der Waals surface area contributed by atoms with Crippen molar-refractivity contribution in [2.24, 2.45) is 23.2 Å². The first-order chi connectivity index (χ1) is 11.9. The molecule has 0 aromatic carbocycles. The molecule has 0 aliphatic heterocycles. The fraction of sp³-hybridized carbons (Fsp3) is 0.727. The van der Waals surface area contributed by atoms with Crippen LogP contribution in [0.25, 0.3) is 0 Å². The molecule has 3 unspecified atom stereocenters. The molecule has 3 aliphatic rings. The lowest BCUT2D eigenvalue weighted by atomic mass is 9.61. The maximum Gasteiger partial charge on any atom is 0.0809 e. The van der Waals surface area contributed by atoms with E-state index in [0.717, 1.165) is 12.0 Å². The number of fused-ring (bicyclic) bond motifs is 1. The molecule has 3 nitrogen and oxygen atoms in total. The van der Waals surface area contributed by atoms with Crippen molar-refractivity contribution in [3.63, 3.8) is 0 Å². The highest BCUT2D eigenvalue weighted by molar-refractivity contribution is 5.29. The van der Waals surface area contributed by atoms with E-state index in [2.05, 4.69) is 32.6 Å². The minimum atomic E-state index is -0.619. The largest absolute Gasteiger partial charge is 0.396 e. The summed E-state index contributed by atoms with van der Waals surface area (Å²) in [5, 5.41) is 29.7. The number of rotatable bonds is 3. The summed E-state index contributed by atoms with van der Waals surface area (Å²) in [7, 11) is 0. The second-order valence-corrected chi connectivity index (χ2v) is 8.84. The van der Waals surface area contributed by atoms with Crippen LogP contribution in [0.4, 0.5) is 0 Å². The number of hydrogen-bond acceptors (Lipinski definition) is 3. The SMILES string of the molecule is C=C1[C@H](O)CC(=C/C=C2\CCC[C@@]3(C)C2CCC3C(C)CO)C[C@H]1O. The molecule has 6 atom stereocenters. The van der Waals surface area contributed by atoms with Gasteiger partial charge in [0.05, 0.1) is 12.2 Å². The Bertz CT molecular complexity index is 560. The predicted octanol–water partition coefficient (Wildman–Crippen LogP) is 3.76. The molecule has 25 heavy (non-hydrogen) atoms. The summed E-state index contributed by atoms with van der Waals surface area (Å²) in [5.41, 5.74) is 3.50. The van der Waals surface area contributed by atoms with Crippen molar-refractivity contribution in [3.8, 4) is 0 Å². The van der Waals surface area contributed by atoms with Gasteiger partial charge in [-0.15, -0.1) is 0 Å². The second kappa shape index (κ2) is 7.38. The summed E-state index contributed by atoms with van der Waals surface area (Å²) in [6.07, 6.45) is 10.4. The van der Waals surface area contributed by atoms with Gasteiger partial charge in [0, 0.05) is 6.61 Å². The first-order valence-corrected chi connectivity index (χ1v) is 9.91. The average Bonchev–Trinajstić information content (AvgIpc) is 2.94. The van der Waals surface area contributed by atoms with E-state index >= 15 is 0 Å². The molecule has 0 aromatic rings. The van der Waals surface area contributed by atoms with E-state index < -0.39 is 12.2 Å². The Labute approximate surface area is 152 Å². The Balaban J connectivity index is 1.78. The van der Waals surface area contributed by atoms with Crippen LogP contribution >= 0.6 is 0 Å². The summed E-state index contributed by atoms with van der Waals surface area (Å²) in [6, 6.07) is 0. The second-order valence-electron chi connectivity index (χ2n) is 8.84. The van der Waals surface area contributed by atoms with Crippen molar-refractivity contribution in [1.29, 1.82) is 0 Å². The summed E-state index contributed by atoms with van der Waals surface area (Å²) in [4.78, 5) is 0. The molecule has 0 bridgehead atoms. The monoisotopic (exact) mass is 346 g/mol. The molecule has 0 saturated heterocycles. The van der Waals surface area contributed by atoms with Crippen LogP contribution in [0, 0.1) is 23.2 Å². The maximum absolute atomic E-state index is 10.0. The van der Waals surface area contributed by atoms with E-state index in [9.17, 15) is 15.3 Å². The number of aliphatic hydroxyl groups excluding tert-OH is 3. The van der Waals surface area contributed by atoms with Crippen LogP contribution in [-0.2, 0) is 0 Å². The van der Waals surface area contributed by atoms with Crippen molar-refractivity contribution in [2.45, 2.75) is 71.0 Å². The maximum atomic E-state index is 10.0. The lowest BCUT2D eigenvalue weighted by molar-refractivity contribution is 0.0690. The minimum absolute atomic E-state index is 0.287. The van der Waals surface area contributed by atoms with E-state index in [4.69, 9.17) is 0 Å². The molecule has 0 aromatic heterocycles. The van der Waals surface area contributed by atoms with Gasteiger partial charge >= 0.3 is 0 Å². The fourth-order valence-corrected chi connectivity index (χ4v) is 5.77. The predicted molar refractivity (Wildman–Crippen MR) is 101 cm³/mol.